The van der Waals surface area contributed by atoms with Crippen molar-refractivity contribution in [3.8, 4) is 0 Å². The smallest absolute Gasteiger partial charge is 0.335 e. The van der Waals surface area contributed by atoms with Gasteiger partial charge in [0.15, 0.2) is 0 Å². The lowest BCUT2D eigenvalue weighted by molar-refractivity contribution is -0.138. The second-order valence-corrected chi connectivity index (χ2v) is 7.23. The van der Waals surface area contributed by atoms with Gasteiger partial charge in [0.2, 0.25) is 0 Å². The highest BCUT2D eigenvalue weighted by atomic mass is 19.4. The van der Waals surface area contributed by atoms with Crippen LogP contribution in [0.1, 0.15) is 41.9 Å². The second-order valence-electron chi connectivity index (χ2n) is 7.23. The minimum atomic E-state index is -4.48. The number of nitrogens with zero attached hydrogens (tertiary/aromatic N) is 1. The molecule has 0 radical (unpaired) electrons. The molecule has 0 saturated heterocycles. The SMILES string of the molecule is CN(Cc1c(F)cccc1F)C(=O)NC1CCCC1c1ccccc1C(F)(F)F. The van der Waals surface area contributed by atoms with E-state index in [4.69, 9.17) is 0 Å². The van der Waals surface area contributed by atoms with Gasteiger partial charge in [0.05, 0.1) is 12.1 Å². The fraction of sp³-hybridized carbons (Fsp3) is 0.381. The Morgan fingerprint density at radius 1 is 1.07 bits per heavy atom. The largest absolute Gasteiger partial charge is 0.416 e. The zero-order valence-corrected chi connectivity index (χ0v) is 15.8. The summed E-state index contributed by atoms with van der Waals surface area (Å²) in [4.78, 5) is 13.6. The molecule has 2 unspecified atom stereocenters. The van der Waals surface area contributed by atoms with Crippen molar-refractivity contribution in [2.45, 2.75) is 43.9 Å². The van der Waals surface area contributed by atoms with Crippen LogP contribution >= 0.6 is 0 Å². The lowest BCUT2D eigenvalue weighted by Crippen LogP contribution is -2.44. The quantitative estimate of drug-likeness (QED) is 0.665. The Morgan fingerprint density at radius 3 is 2.38 bits per heavy atom. The van der Waals surface area contributed by atoms with E-state index in [-0.39, 0.29) is 17.7 Å². The first-order chi connectivity index (χ1) is 13.7. The molecule has 0 aromatic heterocycles. The summed E-state index contributed by atoms with van der Waals surface area (Å²) in [6.07, 6.45) is -2.76. The lowest BCUT2D eigenvalue weighted by atomic mass is 9.90. The van der Waals surface area contributed by atoms with Crippen molar-refractivity contribution in [1.29, 1.82) is 0 Å². The third-order valence-electron chi connectivity index (χ3n) is 5.29. The molecule has 0 bridgehead atoms. The Kier molecular flexibility index (Phi) is 6.10. The van der Waals surface area contributed by atoms with Gasteiger partial charge in [-0.25, -0.2) is 13.6 Å². The maximum atomic E-state index is 13.8. The molecule has 8 heteroatoms. The fourth-order valence-corrected chi connectivity index (χ4v) is 3.84. The van der Waals surface area contributed by atoms with Gasteiger partial charge < -0.3 is 10.2 Å². The van der Waals surface area contributed by atoms with E-state index >= 15 is 0 Å². The molecule has 0 spiro atoms. The number of carbonyl (C=O) groups is 1. The van der Waals surface area contributed by atoms with E-state index in [0.717, 1.165) is 23.1 Å². The summed E-state index contributed by atoms with van der Waals surface area (Å²) in [5, 5.41) is 2.74. The van der Waals surface area contributed by atoms with Gasteiger partial charge in [-0.15, -0.1) is 0 Å². The molecule has 3 nitrogen and oxygen atoms in total. The number of benzene rings is 2. The van der Waals surface area contributed by atoms with Crippen LogP contribution in [0.3, 0.4) is 0 Å². The lowest BCUT2D eigenvalue weighted by Gasteiger charge is -2.27. The number of urea groups is 1. The number of nitrogens with one attached hydrogen (secondary N) is 1. The van der Waals surface area contributed by atoms with Crippen LogP contribution in [-0.4, -0.2) is 24.0 Å². The summed E-state index contributed by atoms with van der Waals surface area (Å²) in [7, 11) is 1.38. The zero-order valence-electron chi connectivity index (χ0n) is 15.8. The highest BCUT2D eigenvalue weighted by molar-refractivity contribution is 5.74. The Bertz CT molecular complexity index is 863. The summed E-state index contributed by atoms with van der Waals surface area (Å²) in [5.41, 5.74) is -0.783. The van der Waals surface area contributed by atoms with Crippen molar-refractivity contribution in [1.82, 2.24) is 10.2 Å². The van der Waals surface area contributed by atoms with Crippen LogP contribution in [0.2, 0.25) is 0 Å². The van der Waals surface area contributed by atoms with Crippen molar-refractivity contribution in [2.75, 3.05) is 7.05 Å². The van der Waals surface area contributed by atoms with Crippen molar-refractivity contribution in [3.63, 3.8) is 0 Å². The highest BCUT2D eigenvalue weighted by Crippen LogP contribution is 2.41. The molecule has 29 heavy (non-hydrogen) atoms. The normalized spacial score (nSPS) is 19.2. The van der Waals surface area contributed by atoms with Gasteiger partial charge in [0.1, 0.15) is 11.6 Å². The minimum Gasteiger partial charge on any atom is -0.335 e. The molecule has 1 saturated carbocycles. The molecule has 1 N–H and O–H groups in total. The monoisotopic (exact) mass is 412 g/mol. The first kappa shape index (κ1) is 21.1. The maximum absolute atomic E-state index is 13.8. The molecule has 1 aliphatic carbocycles. The van der Waals surface area contributed by atoms with Crippen LogP contribution in [-0.2, 0) is 12.7 Å². The standard InChI is InChI=1S/C21H21F5N2O/c1-28(12-15-17(22)9-5-10-18(15)23)20(29)27-19-11-4-7-14(19)13-6-2-3-8-16(13)21(24,25)26/h2-3,5-6,8-10,14,19H,4,7,11-12H2,1H3,(H,27,29). The molecule has 0 heterocycles. The summed E-state index contributed by atoms with van der Waals surface area (Å²) < 4.78 is 67.7. The Hall–Kier alpha value is -2.64. The summed E-state index contributed by atoms with van der Waals surface area (Å²) in [6.45, 7) is -0.291. The van der Waals surface area contributed by atoms with Crippen molar-refractivity contribution < 1.29 is 26.7 Å². The van der Waals surface area contributed by atoms with Crippen molar-refractivity contribution >= 4 is 6.03 Å². The van der Waals surface area contributed by atoms with Crippen molar-refractivity contribution in [2.24, 2.45) is 0 Å². The average Bonchev–Trinajstić information content (AvgIpc) is 3.12. The second kappa shape index (κ2) is 8.39. The topological polar surface area (TPSA) is 32.3 Å². The first-order valence-corrected chi connectivity index (χ1v) is 9.29. The fourth-order valence-electron chi connectivity index (χ4n) is 3.84. The van der Waals surface area contributed by atoms with E-state index < -0.39 is 41.4 Å². The molecular weight excluding hydrogens is 391 g/mol. The third-order valence-corrected chi connectivity index (χ3v) is 5.29. The van der Waals surface area contributed by atoms with Gasteiger partial charge >= 0.3 is 12.2 Å². The van der Waals surface area contributed by atoms with E-state index in [9.17, 15) is 26.7 Å². The minimum absolute atomic E-state index is 0.158. The summed E-state index contributed by atoms with van der Waals surface area (Å²) >= 11 is 0. The van der Waals surface area contributed by atoms with E-state index in [1.165, 1.54) is 25.2 Å². The predicted octanol–water partition coefficient (Wildman–Crippen LogP) is 5.46. The number of amides is 2. The zero-order chi connectivity index (χ0) is 21.2. The number of hydrogen-bond acceptors (Lipinski definition) is 1. The van der Waals surface area contributed by atoms with E-state index in [1.54, 1.807) is 6.07 Å². The molecule has 0 aliphatic heterocycles. The molecule has 2 aromatic rings. The van der Waals surface area contributed by atoms with E-state index in [2.05, 4.69) is 5.32 Å². The number of carbonyl (C=O) groups excluding carboxylic acids is 1. The molecule has 1 aliphatic rings. The van der Waals surface area contributed by atoms with Gasteiger partial charge in [-0.1, -0.05) is 30.7 Å². The van der Waals surface area contributed by atoms with Crippen LogP contribution in [0, 0.1) is 11.6 Å². The summed E-state index contributed by atoms with van der Waals surface area (Å²) in [5.74, 6) is -2.00. The molecular formula is C21H21F5N2O. The van der Waals surface area contributed by atoms with Crippen LogP contribution < -0.4 is 5.32 Å². The Labute approximate surface area is 165 Å². The molecule has 3 rings (SSSR count). The molecule has 1 fully saturated rings. The van der Waals surface area contributed by atoms with Crippen molar-refractivity contribution in [3.05, 3.63) is 70.8 Å². The van der Waals surface area contributed by atoms with Gasteiger partial charge in [-0.2, -0.15) is 13.2 Å². The van der Waals surface area contributed by atoms with Gasteiger partial charge in [0.25, 0.3) is 0 Å². The molecule has 156 valence electrons. The van der Waals surface area contributed by atoms with Gasteiger partial charge in [-0.05, 0) is 36.6 Å². The third kappa shape index (κ3) is 4.68. The van der Waals surface area contributed by atoms with E-state index in [1.807, 2.05) is 0 Å². The van der Waals surface area contributed by atoms with Crippen LogP contribution in [0.4, 0.5) is 26.7 Å². The van der Waals surface area contributed by atoms with Gasteiger partial charge in [-0.3, -0.25) is 0 Å². The average molecular weight is 412 g/mol. The highest BCUT2D eigenvalue weighted by Gasteiger charge is 2.39. The Balaban J connectivity index is 1.74. The van der Waals surface area contributed by atoms with Crippen LogP contribution in [0.5, 0.6) is 0 Å². The van der Waals surface area contributed by atoms with Gasteiger partial charge in [0, 0.05) is 24.6 Å². The number of halogens is 5. The molecule has 2 aromatic carbocycles. The molecule has 2 amide bonds. The predicted molar refractivity (Wildman–Crippen MR) is 98.2 cm³/mol. The Morgan fingerprint density at radius 2 is 1.72 bits per heavy atom. The number of alkyl halides is 3. The van der Waals surface area contributed by atoms with E-state index in [0.29, 0.717) is 19.3 Å². The molecule has 2 atom stereocenters. The van der Waals surface area contributed by atoms with Crippen LogP contribution in [0.15, 0.2) is 42.5 Å². The number of rotatable bonds is 4. The maximum Gasteiger partial charge on any atom is 0.416 e. The summed E-state index contributed by atoms with van der Waals surface area (Å²) in [6, 6.07) is 7.73. The number of hydrogen-bond donors (Lipinski definition) is 1. The van der Waals surface area contributed by atoms with Crippen LogP contribution in [0.25, 0.3) is 0 Å². The first-order valence-electron chi connectivity index (χ1n) is 9.29.